The summed E-state index contributed by atoms with van der Waals surface area (Å²) in [7, 11) is 1.63. The van der Waals surface area contributed by atoms with Gasteiger partial charge in [0, 0.05) is 20.0 Å². The van der Waals surface area contributed by atoms with Crippen LogP contribution in [0.25, 0.3) is 0 Å². The molecule has 0 N–H and O–H groups in total. The third-order valence-corrected chi connectivity index (χ3v) is 3.79. The van der Waals surface area contributed by atoms with Gasteiger partial charge in [0.05, 0.1) is 6.10 Å². The lowest BCUT2D eigenvalue weighted by Gasteiger charge is -2.25. The van der Waals surface area contributed by atoms with E-state index in [0.717, 1.165) is 19.3 Å². The van der Waals surface area contributed by atoms with E-state index in [2.05, 4.69) is 6.92 Å². The number of hydrogen-bond acceptors (Lipinski definition) is 3. The number of ether oxygens (including phenoxy) is 2. The van der Waals surface area contributed by atoms with E-state index < -0.39 is 0 Å². The van der Waals surface area contributed by atoms with E-state index >= 15 is 0 Å². The summed E-state index contributed by atoms with van der Waals surface area (Å²) < 4.78 is 10.5. The minimum atomic E-state index is 0.218. The maximum absolute atomic E-state index is 11.4. The van der Waals surface area contributed by atoms with Crippen LogP contribution in [0.4, 0.5) is 0 Å². The monoisotopic (exact) mass is 198 g/mol. The molecule has 2 aliphatic carbocycles. The van der Waals surface area contributed by atoms with Crippen LogP contribution in [0.1, 0.15) is 32.6 Å². The van der Waals surface area contributed by atoms with Crippen LogP contribution >= 0.6 is 0 Å². The van der Waals surface area contributed by atoms with Gasteiger partial charge < -0.3 is 9.47 Å². The predicted molar refractivity (Wildman–Crippen MR) is 51.8 cm³/mol. The van der Waals surface area contributed by atoms with E-state index in [4.69, 9.17) is 9.47 Å². The molecule has 3 nitrogen and oxygen atoms in total. The number of rotatable bonds is 3. The van der Waals surface area contributed by atoms with Crippen LogP contribution in [-0.2, 0) is 14.3 Å². The van der Waals surface area contributed by atoms with Gasteiger partial charge in [-0.25, -0.2) is 0 Å². The Labute approximate surface area is 84.8 Å². The zero-order chi connectivity index (χ0) is 10.2. The van der Waals surface area contributed by atoms with Crippen LogP contribution in [0, 0.1) is 11.3 Å². The van der Waals surface area contributed by atoms with Crippen molar-refractivity contribution in [2.24, 2.45) is 11.3 Å². The largest absolute Gasteiger partial charge is 0.359 e. The molecule has 0 heterocycles. The van der Waals surface area contributed by atoms with Crippen LogP contribution in [0.15, 0.2) is 0 Å². The van der Waals surface area contributed by atoms with E-state index in [1.54, 1.807) is 7.11 Å². The van der Waals surface area contributed by atoms with Gasteiger partial charge in [-0.2, -0.15) is 0 Å². The standard InChI is InChI=1S/C11H18O3/c1-11-4-3-10(14-7-13-2)9(11)5-8(12)6-11/h9-10H,3-7H2,1-2H3/t9-,10+,11-/m1/s1. The van der Waals surface area contributed by atoms with Crippen molar-refractivity contribution in [3.63, 3.8) is 0 Å². The highest BCUT2D eigenvalue weighted by Gasteiger charge is 2.51. The number of hydrogen-bond donors (Lipinski definition) is 0. The smallest absolute Gasteiger partial charge is 0.146 e. The van der Waals surface area contributed by atoms with Gasteiger partial charge in [-0.15, -0.1) is 0 Å². The zero-order valence-electron chi connectivity index (χ0n) is 8.91. The highest BCUT2D eigenvalue weighted by Crippen LogP contribution is 2.53. The minimum Gasteiger partial charge on any atom is -0.359 e. The van der Waals surface area contributed by atoms with Crippen LogP contribution < -0.4 is 0 Å². The molecule has 2 saturated carbocycles. The molecule has 3 heteroatoms. The van der Waals surface area contributed by atoms with Crippen molar-refractivity contribution in [1.29, 1.82) is 0 Å². The molecule has 2 aliphatic rings. The molecule has 0 saturated heterocycles. The Morgan fingerprint density at radius 1 is 1.57 bits per heavy atom. The van der Waals surface area contributed by atoms with Crippen LogP contribution in [0.5, 0.6) is 0 Å². The summed E-state index contributed by atoms with van der Waals surface area (Å²) in [6.45, 7) is 2.57. The van der Waals surface area contributed by atoms with Crippen molar-refractivity contribution in [3.05, 3.63) is 0 Å². The first-order chi connectivity index (χ1) is 6.65. The van der Waals surface area contributed by atoms with E-state index in [9.17, 15) is 4.79 Å². The van der Waals surface area contributed by atoms with Crippen LogP contribution in [0.2, 0.25) is 0 Å². The normalized spacial score (nSPS) is 41.7. The van der Waals surface area contributed by atoms with Gasteiger partial charge >= 0.3 is 0 Å². The first kappa shape index (κ1) is 10.1. The second kappa shape index (κ2) is 3.63. The lowest BCUT2D eigenvalue weighted by Crippen LogP contribution is -2.25. The zero-order valence-corrected chi connectivity index (χ0v) is 8.91. The van der Waals surface area contributed by atoms with E-state index in [-0.39, 0.29) is 11.5 Å². The number of ketones is 1. The van der Waals surface area contributed by atoms with Crippen molar-refractivity contribution >= 4 is 5.78 Å². The van der Waals surface area contributed by atoms with Crippen molar-refractivity contribution < 1.29 is 14.3 Å². The summed E-state index contributed by atoms with van der Waals surface area (Å²) in [5.74, 6) is 0.841. The van der Waals surface area contributed by atoms with Crippen LogP contribution in [0.3, 0.4) is 0 Å². The summed E-state index contributed by atoms with van der Waals surface area (Å²) in [6.07, 6.45) is 3.91. The van der Waals surface area contributed by atoms with Gasteiger partial charge in [-0.3, -0.25) is 4.79 Å². The number of fused-ring (bicyclic) bond motifs is 1. The van der Waals surface area contributed by atoms with Gasteiger partial charge in [0.25, 0.3) is 0 Å². The van der Waals surface area contributed by atoms with Crippen molar-refractivity contribution in [1.82, 2.24) is 0 Å². The fourth-order valence-electron chi connectivity index (χ4n) is 3.03. The number of carbonyl (C=O) groups is 1. The van der Waals surface area contributed by atoms with Gasteiger partial charge in [0.15, 0.2) is 0 Å². The molecule has 0 spiro atoms. The molecule has 0 unspecified atom stereocenters. The Bertz CT molecular complexity index is 239. The Morgan fingerprint density at radius 2 is 2.36 bits per heavy atom. The molecule has 0 aromatic rings. The molecule has 80 valence electrons. The Hall–Kier alpha value is -0.410. The molecule has 0 radical (unpaired) electrons. The Morgan fingerprint density at radius 3 is 3.07 bits per heavy atom. The molecule has 0 bridgehead atoms. The van der Waals surface area contributed by atoms with Crippen molar-refractivity contribution in [2.45, 2.75) is 38.7 Å². The lowest BCUT2D eigenvalue weighted by molar-refractivity contribution is -0.119. The predicted octanol–water partition coefficient (Wildman–Crippen LogP) is 1.75. The molecule has 3 atom stereocenters. The summed E-state index contributed by atoms with van der Waals surface area (Å²) >= 11 is 0. The molecule has 2 fully saturated rings. The third kappa shape index (κ3) is 1.59. The van der Waals surface area contributed by atoms with E-state index in [1.165, 1.54) is 0 Å². The molecule has 14 heavy (non-hydrogen) atoms. The minimum absolute atomic E-state index is 0.218. The summed E-state index contributed by atoms with van der Waals surface area (Å²) in [5.41, 5.74) is 0.218. The average molecular weight is 198 g/mol. The molecule has 2 rings (SSSR count). The van der Waals surface area contributed by atoms with Gasteiger partial charge in [0.1, 0.15) is 12.6 Å². The third-order valence-electron chi connectivity index (χ3n) is 3.79. The average Bonchev–Trinajstić information content (AvgIpc) is 2.56. The summed E-state index contributed by atoms with van der Waals surface area (Å²) in [6, 6.07) is 0. The first-order valence-corrected chi connectivity index (χ1v) is 5.28. The highest BCUT2D eigenvalue weighted by atomic mass is 16.7. The topological polar surface area (TPSA) is 35.5 Å². The number of methoxy groups -OCH3 is 1. The molecule has 0 amide bonds. The second-order valence-electron chi connectivity index (χ2n) is 4.83. The molecular formula is C11H18O3. The fraction of sp³-hybridized carbons (Fsp3) is 0.909. The fourth-order valence-corrected chi connectivity index (χ4v) is 3.03. The van der Waals surface area contributed by atoms with E-state index in [1.807, 2.05) is 0 Å². The van der Waals surface area contributed by atoms with Gasteiger partial charge in [-0.1, -0.05) is 6.92 Å². The first-order valence-electron chi connectivity index (χ1n) is 5.28. The Balaban J connectivity index is 2.00. The summed E-state index contributed by atoms with van der Waals surface area (Å²) in [4.78, 5) is 11.4. The maximum atomic E-state index is 11.4. The van der Waals surface area contributed by atoms with Gasteiger partial charge in [-0.05, 0) is 24.2 Å². The van der Waals surface area contributed by atoms with Gasteiger partial charge in [0.2, 0.25) is 0 Å². The second-order valence-corrected chi connectivity index (χ2v) is 4.83. The van der Waals surface area contributed by atoms with Crippen molar-refractivity contribution in [3.8, 4) is 0 Å². The molecule has 0 aliphatic heterocycles. The summed E-state index contributed by atoms with van der Waals surface area (Å²) in [5, 5.41) is 0. The maximum Gasteiger partial charge on any atom is 0.146 e. The lowest BCUT2D eigenvalue weighted by atomic mass is 9.82. The molecule has 0 aromatic heterocycles. The SMILES string of the molecule is COCO[C@H]1CC[C@]2(C)CC(=O)C[C@H]12. The Kier molecular flexibility index (Phi) is 2.62. The number of carbonyl (C=O) groups excluding carboxylic acids is 1. The molecule has 0 aromatic carbocycles. The van der Waals surface area contributed by atoms with Crippen LogP contribution in [-0.4, -0.2) is 25.8 Å². The quantitative estimate of drug-likeness (QED) is 0.648. The molecular weight excluding hydrogens is 180 g/mol. The number of Topliss-reactive ketones (excluding diaryl/α,β-unsaturated/α-hetero) is 1. The van der Waals surface area contributed by atoms with E-state index in [0.29, 0.717) is 24.9 Å². The highest BCUT2D eigenvalue weighted by molar-refractivity contribution is 5.82. The van der Waals surface area contributed by atoms with Crippen molar-refractivity contribution in [2.75, 3.05) is 13.9 Å².